The van der Waals surface area contributed by atoms with E-state index in [1.165, 1.54) is 6.92 Å². The highest BCUT2D eigenvalue weighted by Crippen LogP contribution is 2.29. The van der Waals surface area contributed by atoms with Crippen LogP contribution in [0.1, 0.15) is 13.3 Å². The van der Waals surface area contributed by atoms with Crippen molar-refractivity contribution in [3.8, 4) is 0 Å². The van der Waals surface area contributed by atoms with E-state index in [-0.39, 0.29) is 6.42 Å². The quantitative estimate of drug-likeness (QED) is 0.212. The smallest absolute Gasteiger partial charge is 0.305 e. The van der Waals surface area contributed by atoms with Gasteiger partial charge in [0.15, 0.2) is 18.7 Å². The van der Waals surface area contributed by atoms with Crippen LogP contribution in [0, 0.1) is 0 Å². The molecule has 27 heavy (non-hydrogen) atoms. The van der Waals surface area contributed by atoms with Crippen LogP contribution in [0.15, 0.2) is 0 Å². The topological polar surface area (TPSA) is 196 Å². The molecular formula is C15H26O12. The Morgan fingerprint density at radius 3 is 1.96 bits per heavy atom. The summed E-state index contributed by atoms with van der Waals surface area (Å²) in [6.45, 7) is 0.144. The molecule has 158 valence electrons. The summed E-state index contributed by atoms with van der Waals surface area (Å²) in [6.07, 6.45) is -15.6. The fraction of sp³-hybridized carbons (Fsp3) is 0.933. The maximum Gasteiger partial charge on any atom is 0.305 e. The lowest BCUT2D eigenvalue weighted by atomic mass is 9.97. The second-order valence-electron chi connectivity index (χ2n) is 6.34. The average molecular weight is 398 g/mol. The van der Waals surface area contributed by atoms with Crippen molar-refractivity contribution in [1.29, 1.82) is 0 Å². The molecule has 0 bridgehead atoms. The van der Waals surface area contributed by atoms with Crippen LogP contribution in [0.3, 0.4) is 0 Å². The maximum atomic E-state index is 11.5. The molecule has 2 fully saturated rings. The predicted octanol–water partition coefficient (Wildman–Crippen LogP) is -4.44. The van der Waals surface area contributed by atoms with Crippen LogP contribution in [-0.2, 0) is 23.7 Å². The fourth-order valence-electron chi connectivity index (χ4n) is 2.94. The number of rotatable bonds is 6. The minimum absolute atomic E-state index is 0.00138. The van der Waals surface area contributed by atoms with Crippen molar-refractivity contribution in [3.63, 3.8) is 0 Å². The summed E-state index contributed by atoms with van der Waals surface area (Å²) >= 11 is 0. The largest absolute Gasteiger partial charge is 0.457 e. The minimum atomic E-state index is -1.76. The van der Waals surface area contributed by atoms with E-state index in [1.54, 1.807) is 0 Å². The Kier molecular flexibility index (Phi) is 7.88. The van der Waals surface area contributed by atoms with Crippen molar-refractivity contribution in [2.45, 2.75) is 74.8 Å². The molecule has 12 heteroatoms. The summed E-state index contributed by atoms with van der Waals surface area (Å²) in [5, 5.41) is 68.5. The van der Waals surface area contributed by atoms with E-state index in [0.29, 0.717) is 0 Å². The lowest BCUT2D eigenvalue weighted by Crippen LogP contribution is -2.65. The number of hydrogen-bond donors (Lipinski definition) is 7. The normalized spacial score (nSPS) is 45.5. The van der Waals surface area contributed by atoms with Crippen LogP contribution in [0.25, 0.3) is 0 Å². The summed E-state index contributed by atoms with van der Waals surface area (Å²) in [5.41, 5.74) is 0. The minimum Gasteiger partial charge on any atom is -0.457 e. The lowest BCUT2D eigenvalue weighted by Gasteiger charge is -2.45. The molecule has 0 aromatic heterocycles. The first-order valence-electron chi connectivity index (χ1n) is 8.53. The van der Waals surface area contributed by atoms with Crippen molar-refractivity contribution >= 4 is 5.97 Å². The summed E-state index contributed by atoms with van der Waals surface area (Å²) in [7, 11) is 0. The highest BCUT2D eigenvalue weighted by Gasteiger charge is 2.51. The Morgan fingerprint density at radius 1 is 0.852 bits per heavy atom. The fourth-order valence-corrected chi connectivity index (χ4v) is 2.94. The SMILES string of the molecule is CCC(=O)O[C@H]1[C@H](O)[C@@H](O)[C@H](O[C@H]2[C@H](O)[C@@H](O)[C@H](O)O[C@@H]2CO)O[C@@H]1CO. The van der Waals surface area contributed by atoms with Crippen molar-refractivity contribution in [2.24, 2.45) is 0 Å². The molecule has 2 saturated heterocycles. The molecule has 10 atom stereocenters. The van der Waals surface area contributed by atoms with Crippen LogP contribution in [-0.4, -0.2) is 116 Å². The van der Waals surface area contributed by atoms with Crippen LogP contribution in [0.2, 0.25) is 0 Å². The molecular weight excluding hydrogens is 372 g/mol. The van der Waals surface area contributed by atoms with Gasteiger partial charge >= 0.3 is 5.97 Å². The van der Waals surface area contributed by atoms with Crippen LogP contribution >= 0.6 is 0 Å². The van der Waals surface area contributed by atoms with E-state index in [9.17, 15) is 40.5 Å². The molecule has 7 N–H and O–H groups in total. The van der Waals surface area contributed by atoms with Gasteiger partial charge in [-0.15, -0.1) is 0 Å². The van der Waals surface area contributed by atoms with Gasteiger partial charge in [-0.3, -0.25) is 4.79 Å². The van der Waals surface area contributed by atoms with E-state index >= 15 is 0 Å². The number of aliphatic hydroxyl groups excluding tert-OH is 7. The van der Waals surface area contributed by atoms with Crippen molar-refractivity contribution in [3.05, 3.63) is 0 Å². The van der Waals surface area contributed by atoms with Gasteiger partial charge in [0.25, 0.3) is 0 Å². The Hall–Kier alpha value is -0.930. The van der Waals surface area contributed by atoms with Gasteiger partial charge in [-0.2, -0.15) is 0 Å². The first-order valence-corrected chi connectivity index (χ1v) is 8.53. The molecule has 0 unspecified atom stereocenters. The molecule has 0 saturated carbocycles. The number of carbonyl (C=O) groups excluding carboxylic acids is 1. The zero-order valence-electron chi connectivity index (χ0n) is 14.6. The van der Waals surface area contributed by atoms with Gasteiger partial charge in [0.2, 0.25) is 0 Å². The van der Waals surface area contributed by atoms with E-state index in [2.05, 4.69) is 0 Å². The lowest BCUT2D eigenvalue weighted by molar-refractivity contribution is -0.355. The van der Waals surface area contributed by atoms with Gasteiger partial charge in [0, 0.05) is 6.42 Å². The van der Waals surface area contributed by atoms with Crippen LogP contribution < -0.4 is 0 Å². The summed E-state index contributed by atoms with van der Waals surface area (Å²) in [5.74, 6) is -0.679. The number of aliphatic hydroxyl groups is 7. The molecule has 0 radical (unpaired) electrons. The van der Waals surface area contributed by atoms with Gasteiger partial charge in [-0.05, 0) is 0 Å². The number of hydrogen-bond acceptors (Lipinski definition) is 12. The van der Waals surface area contributed by atoms with Crippen LogP contribution in [0.5, 0.6) is 0 Å². The second-order valence-corrected chi connectivity index (χ2v) is 6.34. The third-order valence-corrected chi connectivity index (χ3v) is 4.51. The van der Waals surface area contributed by atoms with E-state index in [0.717, 1.165) is 0 Å². The average Bonchev–Trinajstić information content (AvgIpc) is 2.66. The second kappa shape index (κ2) is 9.52. The Labute approximate surface area is 154 Å². The Bertz CT molecular complexity index is 485. The molecule has 0 aliphatic carbocycles. The summed E-state index contributed by atoms with van der Waals surface area (Å²) < 4.78 is 20.6. The summed E-state index contributed by atoms with van der Waals surface area (Å²) in [6, 6.07) is 0. The highest BCUT2D eigenvalue weighted by molar-refractivity contribution is 5.69. The third-order valence-electron chi connectivity index (χ3n) is 4.51. The van der Waals surface area contributed by atoms with E-state index in [1.807, 2.05) is 0 Å². The first-order chi connectivity index (χ1) is 12.7. The first kappa shape index (κ1) is 22.4. The number of carbonyl (C=O) groups is 1. The van der Waals surface area contributed by atoms with Crippen LogP contribution in [0.4, 0.5) is 0 Å². The highest BCUT2D eigenvalue weighted by atomic mass is 16.7. The zero-order chi connectivity index (χ0) is 20.3. The maximum absolute atomic E-state index is 11.5. The Morgan fingerprint density at radius 2 is 1.41 bits per heavy atom. The van der Waals surface area contributed by atoms with Crippen molar-refractivity contribution in [2.75, 3.05) is 13.2 Å². The standard InChI is InChI=1S/C15H26O12/c1-2-7(18)26-12-6(4-17)25-15(11(22)9(12)20)27-13-5(3-16)24-14(23)10(21)8(13)19/h5-6,8-17,19-23H,2-4H2,1H3/t5-,6-,8-,9-,10-,11-,12-,13-,14-,15+/m1/s1. The van der Waals surface area contributed by atoms with Crippen molar-refractivity contribution in [1.82, 2.24) is 0 Å². The molecule has 2 aliphatic rings. The number of ether oxygens (including phenoxy) is 4. The van der Waals surface area contributed by atoms with E-state index < -0.39 is 80.6 Å². The third kappa shape index (κ3) is 4.74. The molecule has 2 aliphatic heterocycles. The molecule has 0 aromatic rings. The molecule has 0 amide bonds. The predicted molar refractivity (Wildman–Crippen MR) is 82.8 cm³/mol. The van der Waals surface area contributed by atoms with Gasteiger partial charge in [-0.25, -0.2) is 0 Å². The van der Waals surface area contributed by atoms with Gasteiger partial charge < -0.3 is 54.7 Å². The molecule has 2 heterocycles. The molecule has 0 spiro atoms. The zero-order valence-corrected chi connectivity index (χ0v) is 14.6. The molecule has 12 nitrogen and oxygen atoms in total. The van der Waals surface area contributed by atoms with Gasteiger partial charge in [0.05, 0.1) is 13.2 Å². The Balaban J connectivity index is 2.13. The number of esters is 1. The summed E-state index contributed by atoms with van der Waals surface area (Å²) in [4.78, 5) is 11.5. The monoisotopic (exact) mass is 398 g/mol. The van der Waals surface area contributed by atoms with E-state index in [4.69, 9.17) is 18.9 Å². The van der Waals surface area contributed by atoms with Gasteiger partial charge in [0.1, 0.15) is 42.7 Å². The van der Waals surface area contributed by atoms with Crippen molar-refractivity contribution < 1.29 is 59.5 Å². The molecule has 2 rings (SSSR count). The molecule has 0 aromatic carbocycles. The van der Waals surface area contributed by atoms with Gasteiger partial charge in [-0.1, -0.05) is 6.92 Å².